The van der Waals surface area contributed by atoms with Crippen LogP contribution >= 0.6 is 11.6 Å². The minimum Gasteiger partial charge on any atom is -0.432 e. The lowest BCUT2D eigenvalue weighted by molar-refractivity contribution is 0.546. The molecule has 0 radical (unpaired) electrons. The van der Waals surface area contributed by atoms with Gasteiger partial charge >= 0.3 is 0 Å². The van der Waals surface area contributed by atoms with Crippen LogP contribution in [0.25, 0.3) is 0 Å². The van der Waals surface area contributed by atoms with Gasteiger partial charge in [-0.15, -0.1) is 11.6 Å². The van der Waals surface area contributed by atoms with Gasteiger partial charge in [-0.3, -0.25) is 0 Å². The van der Waals surface area contributed by atoms with E-state index >= 15 is 0 Å². The fourth-order valence-electron chi connectivity index (χ4n) is 0.499. The van der Waals surface area contributed by atoms with Crippen molar-refractivity contribution in [2.75, 3.05) is 5.88 Å². The van der Waals surface area contributed by atoms with Gasteiger partial charge in [-0.2, -0.15) is 0 Å². The largest absolute Gasteiger partial charge is 0.432 e. The highest BCUT2D eigenvalue weighted by atomic mass is 35.5. The first-order valence-electron chi connectivity index (χ1n) is 2.84. The Morgan fingerprint density at radius 3 is 2.12 bits per heavy atom. The molecule has 0 amide bonds. The van der Waals surface area contributed by atoms with Crippen molar-refractivity contribution in [1.29, 1.82) is 0 Å². The van der Waals surface area contributed by atoms with E-state index in [1.807, 2.05) is 13.1 Å². The third-order valence-electron chi connectivity index (χ3n) is 0.922. The molecule has 0 aromatic rings. The molecule has 8 heavy (non-hydrogen) atoms. The van der Waals surface area contributed by atoms with Crippen LogP contribution in [0.4, 0.5) is 0 Å². The van der Waals surface area contributed by atoms with Gasteiger partial charge in [-0.1, -0.05) is 0 Å². The molecule has 0 bridgehead atoms. The first-order chi connectivity index (χ1) is 3.56. The molecule has 0 saturated heterocycles. The highest BCUT2D eigenvalue weighted by Crippen LogP contribution is 2.07. The Bertz CT molecular complexity index is 59.9. The smallest absolute Gasteiger partial charge is 0.182 e. The molecular weight excluding hydrogens is 140 g/mol. The van der Waals surface area contributed by atoms with E-state index in [0.717, 1.165) is 12.5 Å². The Labute approximate surface area is 56.8 Å². The van der Waals surface area contributed by atoms with Gasteiger partial charge in [-0.25, -0.2) is 0 Å². The number of alkyl halides is 1. The lowest BCUT2D eigenvalue weighted by Gasteiger charge is -2.11. The van der Waals surface area contributed by atoms with Crippen molar-refractivity contribution in [2.24, 2.45) is 0 Å². The molecular formula is C5H13ClOSi. The van der Waals surface area contributed by atoms with Crippen LogP contribution in [0.5, 0.6) is 0 Å². The van der Waals surface area contributed by atoms with Gasteiger partial charge in [0.05, 0.1) is 0 Å². The van der Waals surface area contributed by atoms with Crippen LogP contribution in [0.2, 0.25) is 19.1 Å². The van der Waals surface area contributed by atoms with E-state index in [1.54, 1.807) is 0 Å². The summed E-state index contributed by atoms with van der Waals surface area (Å²) in [5.41, 5.74) is 0. The fourth-order valence-corrected chi connectivity index (χ4v) is 1.90. The van der Waals surface area contributed by atoms with E-state index in [0.29, 0.717) is 5.88 Å². The summed E-state index contributed by atoms with van der Waals surface area (Å²) < 4.78 is 0. The monoisotopic (exact) mass is 152 g/mol. The zero-order chi connectivity index (χ0) is 6.62. The summed E-state index contributed by atoms with van der Waals surface area (Å²) in [7, 11) is -1.76. The van der Waals surface area contributed by atoms with Gasteiger partial charge in [0.2, 0.25) is 0 Å². The van der Waals surface area contributed by atoms with Crippen molar-refractivity contribution in [3.63, 3.8) is 0 Å². The second kappa shape index (κ2) is 3.48. The van der Waals surface area contributed by atoms with Crippen molar-refractivity contribution >= 4 is 19.9 Å². The average Bonchev–Trinajstić information content (AvgIpc) is 1.59. The van der Waals surface area contributed by atoms with E-state index < -0.39 is 8.32 Å². The molecule has 0 rings (SSSR count). The molecule has 0 spiro atoms. The summed E-state index contributed by atoms with van der Waals surface area (Å²) in [5.74, 6) is 0.678. The van der Waals surface area contributed by atoms with Crippen molar-refractivity contribution in [1.82, 2.24) is 0 Å². The molecule has 0 aromatic heterocycles. The summed E-state index contributed by atoms with van der Waals surface area (Å²) in [4.78, 5) is 9.23. The minimum atomic E-state index is -1.76. The van der Waals surface area contributed by atoms with Crippen LogP contribution in [0.3, 0.4) is 0 Å². The standard InChI is InChI=1S/C5H13ClOSi/c1-8(2,7)5-3-4-6/h7H,3-5H2,1-2H3. The molecule has 0 heterocycles. The zero-order valence-electron chi connectivity index (χ0n) is 5.45. The first kappa shape index (κ1) is 8.47. The predicted octanol–water partition coefficient (Wildman–Crippen LogP) is 1.81. The van der Waals surface area contributed by atoms with E-state index in [4.69, 9.17) is 11.6 Å². The van der Waals surface area contributed by atoms with E-state index in [2.05, 4.69) is 0 Å². The van der Waals surface area contributed by atoms with Crippen LogP contribution in [0.1, 0.15) is 6.42 Å². The summed E-state index contributed by atoms with van der Waals surface area (Å²) >= 11 is 5.42. The van der Waals surface area contributed by atoms with Crippen molar-refractivity contribution in [3.8, 4) is 0 Å². The normalized spacial score (nSPS) is 12.0. The summed E-state index contributed by atoms with van der Waals surface area (Å²) in [6.07, 6.45) is 0.956. The van der Waals surface area contributed by atoms with E-state index in [-0.39, 0.29) is 0 Å². The Kier molecular flexibility index (Phi) is 3.69. The molecule has 0 saturated carbocycles. The topological polar surface area (TPSA) is 20.2 Å². The number of halogens is 1. The number of hydrogen-bond acceptors (Lipinski definition) is 1. The highest BCUT2D eigenvalue weighted by Gasteiger charge is 2.14. The second-order valence-corrected chi connectivity index (χ2v) is 7.11. The molecule has 0 aliphatic heterocycles. The lowest BCUT2D eigenvalue weighted by Crippen LogP contribution is -2.24. The molecule has 1 N–H and O–H groups in total. The van der Waals surface area contributed by atoms with Crippen LogP contribution < -0.4 is 0 Å². The summed E-state index contributed by atoms with van der Waals surface area (Å²) in [6.45, 7) is 3.86. The molecule has 1 nitrogen and oxygen atoms in total. The zero-order valence-corrected chi connectivity index (χ0v) is 7.20. The molecule has 3 heteroatoms. The van der Waals surface area contributed by atoms with Crippen LogP contribution in [0, 0.1) is 0 Å². The SMILES string of the molecule is C[Si](C)(O)CCCCl. The first-order valence-corrected chi connectivity index (χ1v) is 6.53. The van der Waals surface area contributed by atoms with E-state index in [9.17, 15) is 4.80 Å². The molecule has 0 unspecified atom stereocenters. The predicted molar refractivity (Wildman–Crippen MR) is 39.8 cm³/mol. The highest BCUT2D eigenvalue weighted by molar-refractivity contribution is 6.69. The quantitative estimate of drug-likeness (QED) is 0.483. The second-order valence-electron chi connectivity index (χ2n) is 2.60. The third-order valence-corrected chi connectivity index (χ3v) is 2.77. The van der Waals surface area contributed by atoms with Crippen molar-refractivity contribution in [3.05, 3.63) is 0 Å². The van der Waals surface area contributed by atoms with Gasteiger partial charge in [0.1, 0.15) is 0 Å². The molecule has 0 fully saturated rings. The minimum absolute atomic E-state index is 0.678. The molecule has 0 atom stereocenters. The Hall–Kier alpha value is 0.467. The maximum atomic E-state index is 9.23. The number of hydrogen-bond donors (Lipinski definition) is 1. The lowest BCUT2D eigenvalue weighted by atomic mass is 10.6. The van der Waals surface area contributed by atoms with Gasteiger partial charge in [0.15, 0.2) is 8.32 Å². The Balaban J connectivity index is 3.11. The molecule has 0 aromatic carbocycles. The van der Waals surface area contributed by atoms with Crippen LogP contribution in [0.15, 0.2) is 0 Å². The maximum Gasteiger partial charge on any atom is 0.182 e. The Morgan fingerprint density at radius 1 is 1.50 bits per heavy atom. The maximum absolute atomic E-state index is 9.23. The number of rotatable bonds is 3. The summed E-state index contributed by atoms with van der Waals surface area (Å²) in [5, 5.41) is 0. The Morgan fingerprint density at radius 2 is 2.00 bits per heavy atom. The molecule has 0 aliphatic carbocycles. The summed E-state index contributed by atoms with van der Waals surface area (Å²) in [6, 6.07) is 0.927. The van der Waals surface area contributed by atoms with Crippen molar-refractivity contribution < 1.29 is 4.80 Å². The van der Waals surface area contributed by atoms with Crippen molar-refractivity contribution in [2.45, 2.75) is 25.6 Å². The van der Waals surface area contributed by atoms with Gasteiger partial charge in [0, 0.05) is 5.88 Å². The fraction of sp³-hybridized carbons (Fsp3) is 1.00. The van der Waals surface area contributed by atoms with Gasteiger partial charge < -0.3 is 4.80 Å². The van der Waals surface area contributed by atoms with Gasteiger partial charge in [0.25, 0.3) is 0 Å². The van der Waals surface area contributed by atoms with Crippen LogP contribution in [-0.4, -0.2) is 19.0 Å². The average molecular weight is 153 g/mol. The van der Waals surface area contributed by atoms with Gasteiger partial charge in [-0.05, 0) is 25.6 Å². The van der Waals surface area contributed by atoms with Crippen LogP contribution in [-0.2, 0) is 0 Å². The third kappa shape index (κ3) is 6.47. The molecule has 50 valence electrons. The van der Waals surface area contributed by atoms with E-state index in [1.165, 1.54) is 0 Å². The molecule has 0 aliphatic rings.